The molecule has 0 aromatic heterocycles. The van der Waals surface area contributed by atoms with E-state index in [0.29, 0.717) is 12.9 Å². The maximum absolute atomic E-state index is 8.64. The summed E-state index contributed by atoms with van der Waals surface area (Å²) in [5.74, 6) is 0. The van der Waals surface area contributed by atoms with Crippen molar-refractivity contribution in [1.82, 2.24) is 0 Å². The van der Waals surface area contributed by atoms with E-state index in [1.54, 1.807) is 6.92 Å². The van der Waals surface area contributed by atoms with Crippen LogP contribution in [0.4, 0.5) is 0 Å². The molecule has 2 nitrogen and oxygen atoms in total. The molecule has 1 atom stereocenters. The van der Waals surface area contributed by atoms with E-state index in [2.05, 4.69) is 0 Å². The molecule has 10 heavy (non-hydrogen) atoms. The molecular weight excluding hydrogens is 127 g/mol. The number of aliphatic hydroxyl groups excluding tert-OH is 1. The van der Waals surface area contributed by atoms with Crippen LogP contribution < -0.4 is 0 Å². The second kappa shape index (κ2) is 6.84. The minimum atomic E-state index is -0.661. The first-order chi connectivity index (χ1) is 4.77. The van der Waals surface area contributed by atoms with Crippen molar-refractivity contribution in [2.75, 3.05) is 6.61 Å². The quantitative estimate of drug-likeness (QED) is 0.266. The standard InChI is InChI=1S/C7H13BO2/c1-7(9)10-6-4-2-3-5-8/h2-3,7,9H,4-6H2,1H3. The number of hydrogen-bond donors (Lipinski definition) is 1. The van der Waals surface area contributed by atoms with Gasteiger partial charge in [0.05, 0.1) is 14.5 Å². The third-order valence-corrected chi connectivity index (χ3v) is 0.946. The molecule has 0 aliphatic rings. The largest absolute Gasteiger partial charge is 0.368 e. The molecule has 0 fully saturated rings. The van der Waals surface area contributed by atoms with Crippen LogP contribution in [0.25, 0.3) is 0 Å². The third kappa shape index (κ3) is 7.72. The molecule has 3 heteroatoms. The lowest BCUT2D eigenvalue weighted by atomic mass is 10.1. The number of allylic oxidation sites excluding steroid dienone is 1. The Balaban J connectivity index is 2.97. The van der Waals surface area contributed by atoms with E-state index in [1.807, 2.05) is 12.2 Å². The number of ether oxygens (including phenoxy) is 1. The minimum absolute atomic E-state index is 0.550. The highest BCUT2D eigenvalue weighted by molar-refractivity contribution is 6.09. The van der Waals surface area contributed by atoms with Crippen LogP contribution in [0, 0.1) is 0 Å². The molecular formula is C7H13BO2. The maximum Gasteiger partial charge on any atom is 0.151 e. The predicted molar refractivity (Wildman–Crippen MR) is 42.0 cm³/mol. The Labute approximate surface area is 63.3 Å². The molecule has 0 bridgehead atoms. The fourth-order valence-electron chi connectivity index (χ4n) is 0.521. The van der Waals surface area contributed by atoms with Crippen LogP contribution in [-0.2, 0) is 4.74 Å². The van der Waals surface area contributed by atoms with Gasteiger partial charge in [-0.1, -0.05) is 18.5 Å². The molecule has 1 unspecified atom stereocenters. The summed E-state index contributed by atoms with van der Waals surface area (Å²) in [5.41, 5.74) is 0. The van der Waals surface area contributed by atoms with E-state index in [-0.39, 0.29) is 0 Å². The highest BCUT2D eigenvalue weighted by Gasteiger charge is 1.90. The Kier molecular flexibility index (Phi) is 6.65. The summed E-state index contributed by atoms with van der Waals surface area (Å²) in [4.78, 5) is 0. The Hall–Kier alpha value is -0.275. The van der Waals surface area contributed by atoms with E-state index >= 15 is 0 Å². The summed E-state index contributed by atoms with van der Waals surface area (Å²) >= 11 is 0. The van der Waals surface area contributed by atoms with E-state index in [4.69, 9.17) is 17.7 Å². The van der Waals surface area contributed by atoms with Gasteiger partial charge in [-0.15, -0.1) is 0 Å². The van der Waals surface area contributed by atoms with Crippen molar-refractivity contribution in [1.29, 1.82) is 0 Å². The van der Waals surface area contributed by atoms with Gasteiger partial charge >= 0.3 is 0 Å². The lowest BCUT2D eigenvalue weighted by Crippen LogP contribution is -2.06. The summed E-state index contributed by atoms with van der Waals surface area (Å²) in [6.07, 6.45) is 4.51. The van der Waals surface area contributed by atoms with E-state index in [1.165, 1.54) is 0 Å². The fourth-order valence-corrected chi connectivity index (χ4v) is 0.521. The summed E-state index contributed by atoms with van der Waals surface area (Å²) in [7, 11) is 5.19. The fraction of sp³-hybridized carbons (Fsp3) is 0.714. The van der Waals surface area contributed by atoms with Gasteiger partial charge in [-0.05, 0) is 13.3 Å². The molecule has 0 spiro atoms. The van der Waals surface area contributed by atoms with Crippen LogP contribution in [0.15, 0.2) is 12.2 Å². The van der Waals surface area contributed by atoms with Crippen molar-refractivity contribution in [3.63, 3.8) is 0 Å². The summed E-state index contributed by atoms with van der Waals surface area (Å²) in [6, 6.07) is 0. The summed E-state index contributed by atoms with van der Waals surface area (Å²) < 4.78 is 4.85. The molecule has 0 rings (SSSR count). The Bertz CT molecular complexity index is 91.6. The van der Waals surface area contributed by atoms with E-state index < -0.39 is 6.29 Å². The van der Waals surface area contributed by atoms with Crippen LogP contribution in [0.1, 0.15) is 13.3 Å². The van der Waals surface area contributed by atoms with Crippen molar-refractivity contribution in [3.8, 4) is 0 Å². The molecule has 2 radical (unpaired) electrons. The third-order valence-electron chi connectivity index (χ3n) is 0.946. The van der Waals surface area contributed by atoms with Gasteiger partial charge in [0.1, 0.15) is 0 Å². The number of aliphatic hydroxyl groups is 1. The normalized spacial score (nSPS) is 14.2. The molecule has 56 valence electrons. The smallest absolute Gasteiger partial charge is 0.151 e. The second-order valence-electron chi connectivity index (χ2n) is 1.97. The van der Waals surface area contributed by atoms with Crippen molar-refractivity contribution in [3.05, 3.63) is 12.2 Å². The lowest BCUT2D eigenvalue weighted by Gasteiger charge is -2.02. The average molecular weight is 140 g/mol. The zero-order valence-corrected chi connectivity index (χ0v) is 6.29. The first-order valence-corrected chi connectivity index (χ1v) is 3.42. The van der Waals surface area contributed by atoms with Gasteiger partial charge in [0.2, 0.25) is 0 Å². The van der Waals surface area contributed by atoms with Gasteiger partial charge in [0.15, 0.2) is 6.29 Å². The van der Waals surface area contributed by atoms with Gasteiger partial charge in [-0.2, -0.15) is 0 Å². The lowest BCUT2D eigenvalue weighted by molar-refractivity contribution is -0.0833. The van der Waals surface area contributed by atoms with Gasteiger partial charge in [0, 0.05) is 0 Å². The van der Waals surface area contributed by atoms with Crippen molar-refractivity contribution in [2.45, 2.75) is 26.0 Å². The van der Waals surface area contributed by atoms with E-state index in [9.17, 15) is 0 Å². The second-order valence-corrected chi connectivity index (χ2v) is 1.97. The molecule has 0 aliphatic heterocycles. The highest BCUT2D eigenvalue weighted by Crippen LogP contribution is 1.89. The molecule has 0 saturated carbocycles. The van der Waals surface area contributed by atoms with Crippen LogP contribution >= 0.6 is 0 Å². The molecule has 0 aliphatic carbocycles. The van der Waals surface area contributed by atoms with Crippen molar-refractivity contribution in [2.24, 2.45) is 0 Å². The number of hydrogen-bond acceptors (Lipinski definition) is 2. The average Bonchev–Trinajstić information content (AvgIpc) is 1.87. The van der Waals surface area contributed by atoms with Gasteiger partial charge in [-0.3, -0.25) is 0 Å². The van der Waals surface area contributed by atoms with Gasteiger partial charge in [0.25, 0.3) is 0 Å². The summed E-state index contributed by atoms with van der Waals surface area (Å²) in [5, 5.41) is 8.64. The molecule has 0 saturated heterocycles. The Morgan fingerprint density at radius 2 is 2.30 bits per heavy atom. The zero-order chi connectivity index (χ0) is 7.82. The molecule has 1 N–H and O–H groups in total. The Morgan fingerprint density at radius 3 is 2.80 bits per heavy atom. The zero-order valence-electron chi connectivity index (χ0n) is 6.29. The van der Waals surface area contributed by atoms with Crippen LogP contribution in [0.5, 0.6) is 0 Å². The summed E-state index contributed by atoms with van der Waals surface area (Å²) in [6.45, 7) is 2.14. The highest BCUT2D eigenvalue weighted by atomic mass is 16.6. The first-order valence-electron chi connectivity index (χ1n) is 3.42. The molecule has 0 aromatic carbocycles. The number of rotatable bonds is 5. The predicted octanol–water partition coefficient (Wildman–Crippen LogP) is 0.874. The van der Waals surface area contributed by atoms with Crippen LogP contribution in [-0.4, -0.2) is 25.8 Å². The molecule has 0 aromatic rings. The SMILES string of the molecule is [B]CC=CCCOC(C)O. The molecule has 0 heterocycles. The van der Waals surface area contributed by atoms with Crippen LogP contribution in [0.2, 0.25) is 6.32 Å². The minimum Gasteiger partial charge on any atom is -0.368 e. The van der Waals surface area contributed by atoms with Gasteiger partial charge in [-0.25, -0.2) is 0 Å². The first kappa shape index (κ1) is 9.72. The van der Waals surface area contributed by atoms with Crippen molar-refractivity contribution >= 4 is 7.85 Å². The Morgan fingerprint density at radius 1 is 1.60 bits per heavy atom. The van der Waals surface area contributed by atoms with Gasteiger partial charge < -0.3 is 9.84 Å². The van der Waals surface area contributed by atoms with Crippen LogP contribution in [0.3, 0.4) is 0 Å². The maximum atomic E-state index is 8.64. The molecule has 0 amide bonds. The van der Waals surface area contributed by atoms with Crippen molar-refractivity contribution < 1.29 is 9.84 Å². The van der Waals surface area contributed by atoms with E-state index in [0.717, 1.165) is 6.42 Å². The monoisotopic (exact) mass is 140 g/mol. The topological polar surface area (TPSA) is 29.5 Å².